The maximum Gasteiger partial charge on any atom is 0.240 e. The van der Waals surface area contributed by atoms with Gasteiger partial charge in [-0.2, -0.15) is 0 Å². The van der Waals surface area contributed by atoms with E-state index in [0.29, 0.717) is 11.4 Å². The Balaban J connectivity index is 2.20. The van der Waals surface area contributed by atoms with Crippen molar-refractivity contribution in [2.45, 2.75) is 49.5 Å². The van der Waals surface area contributed by atoms with Crippen LogP contribution in [0.1, 0.15) is 38.5 Å². The van der Waals surface area contributed by atoms with E-state index in [1.807, 2.05) is 0 Å². The van der Waals surface area contributed by atoms with Gasteiger partial charge in [-0.15, -0.1) is 0 Å². The molecular weight excluding hydrogens is 276 g/mol. The molecule has 0 unspecified atom stereocenters. The summed E-state index contributed by atoms with van der Waals surface area (Å²) in [4.78, 5) is 0.179. The molecule has 0 amide bonds. The first-order valence-electron chi connectivity index (χ1n) is 7.02. The lowest BCUT2D eigenvalue weighted by Gasteiger charge is -2.19. The summed E-state index contributed by atoms with van der Waals surface area (Å²) in [6.07, 6.45) is 6.92. The molecule has 1 saturated carbocycles. The molecule has 1 aliphatic rings. The normalized spacial score (nSPS) is 17.6. The summed E-state index contributed by atoms with van der Waals surface area (Å²) >= 11 is 0. The smallest absolute Gasteiger partial charge is 0.240 e. The van der Waals surface area contributed by atoms with E-state index in [9.17, 15) is 8.42 Å². The molecule has 1 fully saturated rings. The summed E-state index contributed by atoms with van der Waals surface area (Å²) in [5.74, 6) is 0.466. The Bertz CT molecular complexity index is 550. The van der Waals surface area contributed by atoms with E-state index in [2.05, 4.69) is 4.72 Å². The molecule has 0 saturated heterocycles. The molecule has 112 valence electrons. The molecule has 0 aliphatic heterocycles. The third-order valence-corrected chi connectivity index (χ3v) is 5.07. The van der Waals surface area contributed by atoms with Crippen LogP contribution in [0.2, 0.25) is 0 Å². The van der Waals surface area contributed by atoms with Crippen molar-refractivity contribution in [1.29, 1.82) is 0 Å². The second kappa shape index (κ2) is 6.45. The summed E-state index contributed by atoms with van der Waals surface area (Å²) in [7, 11) is -2.08. The Morgan fingerprint density at radius 2 is 1.85 bits per heavy atom. The third-order valence-electron chi connectivity index (χ3n) is 3.66. The van der Waals surface area contributed by atoms with Crippen molar-refractivity contribution < 1.29 is 13.2 Å². The quantitative estimate of drug-likeness (QED) is 0.660. The van der Waals surface area contributed by atoms with Gasteiger partial charge in [0.2, 0.25) is 10.0 Å². The molecule has 1 aliphatic carbocycles. The van der Waals surface area contributed by atoms with Crippen molar-refractivity contribution in [3.63, 3.8) is 0 Å². The molecular formula is C14H22N2O3S. The highest BCUT2D eigenvalue weighted by Crippen LogP contribution is 2.29. The minimum Gasteiger partial charge on any atom is -0.488 e. The fraction of sp³-hybridized carbons (Fsp3) is 0.571. The van der Waals surface area contributed by atoms with Crippen LogP contribution in [0.25, 0.3) is 0 Å². The van der Waals surface area contributed by atoms with Crippen LogP contribution in [0.5, 0.6) is 5.75 Å². The van der Waals surface area contributed by atoms with Gasteiger partial charge in [0.25, 0.3) is 0 Å². The molecule has 0 atom stereocenters. The van der Waals surface area contributed by atoms with Crippen LogP contribution in [-0.2, 0) is 10.0 Å². The van der Waals surface area contributed by atoms with Crippen LogP contribution in [0.3, 0.4) is 0 Å². The lowest BCUT2D eigenvalue weighted by atomic mass is 10.1. The summed E-state index contributed by atoms with van der Waals surface area (Å²) in [5, 5.41) is 0. The predicted octanol–water partition coefficient (Wildman–Crippen LogP) is 2.28. The molecule has 3 N–H and O–H groups in total. The number of anilines is 1. The fourth-order valence-corrected chi connectivity index (χ4v) is 3.19. The Kier molecular flexibility index (Phi) is 4.88. The van der Waals surface area contributed by atoms with Crippen LogP contribution in [0.4, 0.5) is 5.69 Å². The number of nitrogens with one attached hydrogen (secondary N) is 1. The second-order valence-electron chi connectivity index (χ2n) is 5.14. The van der Waals surface area contributed by atoms with E-state index < -0.39 is 10.0 Å². The van der Waals surface area contributed by atoms with Gasteiger partial charge in [-0.1, -0.05) is 12.8 Å². The molecule has 1 aromatic carbocycles. The number of hydrogen-bond acceptors (Lipinski definition) is 4. The zero-order valence-electron chi connectivity index (χ0n) is 11.8. The first kappa shape index (κ1) is 15.1. The van der Waals surface area contributed by atoms with Gasteiger partial charge >= 0.3 is 0 Å². The Hall–Kier alpha value is -1.27. The maximum absolute atomic E-state index is 11.8. The average molecular weight is 298 g/mol. The van der Waals surface area contributed by atoms with Crippen LogP contribution < -0.4 is 15.2 Å². The van der Waals surface area contributed by atoms with Crippen LogP contribution in [-0.4, -0.2) is 21.6 Å². The molecule has 2 rings (SSSR count). The van der Waals surface area contributed by atoms with Gasteiger partial charge < -0.3 is 10.5 Å². The van der Waals surface area contributed by atoms with Gasteiger partial charge in [-0.25, -0.2) is 13.1 Å². The van der Waals surface area contributed by atoms with Crippen molar-refractivity contribution in [3.8, 4) is 5.75 Å². The van der Waals surface area contributed by atoms with E-state index in [1.54, 1.807) is 6.07 Å². The van der Waals surface area contributed by atoms with Crippen molar-refractivity contribution >= 4 is 15.7 Å². The number of rotatable bonds is 4. The van der Waals surface area contributed by atoms with Crippen molar-refractivity contribution in [2.75, 3.05) is 12.8 Å². The Labute approximate surface area is 120 Å². The Morgan fingerprint density at radius 3 is 2.45 bits per heavy atom. The van der Waals surface area contributed by atoms with Gasteiger partial charge in [0, 0.05) is 6.07 Å². The number of hydrogen-bond donors (Lipinski definition) is 2. The monoisotopic (exact) mass is 298 g/mol. The molecule has 0 heterocycles. The van der Waals surface area contributed by atoms with E-state index in [-0.39, 0.29) is 11.0 Å². The summed E-state index contributed by atoms with van der Waals surface area (Å²) < 4.78 is 31.8. The zero-order valence-corrected chi connectivity index (χ0v) is 12.6. The van der Waals surface area contributed by atoms with Crippen LogP contribution in [0.15, 0.2) is 23.1 Å². The fourth-order valence-electron chi connectivity index (χ4n) is 2.44. The van der Waals surface area contributed by atoms with E-state index in [0.717, 1.165) is 25.7 Å². The van der Waals surface area contributed by atoms with E-state index in [1.165, 1.54) is 32.0 Å². The number of nitrogen functional groups attached to an aromatic ring is 1. The summed E-state index contributed by atoms with van der Waals surface area (Å²) in [6, 6.07) is 4.57. The molecule has 1 aromatic rings. The standard InChI is InChI=1S/C14H22N2O3S/c1-16-20(17,18)12-8-9-13(15)14(10-12)19-11-6-4-2-3-5-7-11/h8-11,16H,2-7,15H2,1H3. The Morgan fingerprint density at radius 1 is 1.20 bits per heavy atom. The second-order valence-corrected chi connectivity index (χ2v) is 7.03. The molecule has 5 nitrogen and oxygen atoms in total. The molecule has 6 heteroatoms. The van der Waals surface area contributed by atoms with Gasteiger partial charge in [0.05, 0.1) is 16.7 Å². The molecule has 0 radical (unpaired) electrons. The maximum atomic E-state index is 11.8. The van der Waals surface area contributed by atoms with Gasteiger partial charge in [0.15, 0.2) is 0 Å². The minimum atomic E-state index is -3.47. The highest BCUT2D eigenvalue weighted by atomic mass is 32.2. The average Bonchev–Trinajstić information content (AvgIpc) is 2.69. The van der Waals surface area contributed by atoms with Crippen LogP contribution >= 0.6 is 0 Å². The lowest BCUT2D eigenvalue weighted by Crippen LogP contribution is -2.20. The zero-order chi connectivity index (χ0) is 14.6. The molecule has 0 aromatic heterocycles. The molecule has 20 heavy (non-hydrogen) atoms. The van der Waals surface area contributed by atoms with Gasteiger partial charge in [-0.3, -0.25) is 0 Å². The lowest BCUT2D eigenvalue weighted by molar-refractivity contribution is 0.184. The third kappa shape index (κ3) is 3.64. The van der Waals surface area contributed by atoms with Crippen molar-refractivity contribution in [1.82, 2.24) is 4.72 Å². The molecule has 0 bridgehead atoms. The van der Waals surface area contributed by atoms with Crippen molar-refractivity contribution in [2.24, 2.45) is 0 Å². The summed E-state index contributed by atoms with van der Waals surface area (Å²) in [6.45, 7) is 0. The number of nitrogens with two attached hydrogens (primary N) is 1. The largest absolute Gasteiger partial charge is 0.488 e. The van der Waals surface area contributed by atoms with Crippen LogP contribution in [0, 0.1) is 0 Å². The number of ether oxygens (including phenoxy) is 1. The minimum absolute atomic E-state index is 0.132. The van der Waals surface area contributed by atoms with Gasteiger partial charge in [-0.05, 0) is 44.9 Å². The molecule has 0 spiro atoms. The highest BCUT2D eigenvalue weighted by Gasteiger charge is 2.18. The number of benzene rings is 1. The topological polar surface area (TPSA) is 81.4 Å². The highest BCUT2D eigenvalue weighted by molar-refractivity contribution is 7.89. The van der Waals surface area contributed by atoms with Gasteiger partial charge in [0.1, 0.15) is 5.75 Å². The SMILES string of the molecule is CNS(=O)(=O)c1ccc(N)c(OC2CCCCCC2)c1. The van der Waals surface area contributed by atoms with E-state index in [4.69, 9.17) is 10.5 Å². The predicted molar refractivity (Wildman–Crippen MR) is 79.2 cm³/mol. The first-order valence-corrected chi connectivity index (χ1v) is 8.51. The van der Waals surface area contributed by atoms with E-state index >= 15 is 0 Å². The first-order chi connectivity index (χ1) is 9.53. The number of sulfonamides is 1. The summed E-state index contributed by atoms with van der Waals surface area (Å²) in [5.41, 5.74) is 6.37. The van der Waals surface area contributed by atoms with Crippen molar-refractivity contribution in [3.05, 3.63) is 18.2 Å².